The maximum Gasteiger partial charge on any atom is 0.150 e. The third-order valence-electron chi connectivity index (χ3n) is 2.73. The van der Waals surface area contributed by atoms with Gasteiger partial charge < -0.3 is 0 Å². The predicted molar refractivity (Wildman–Crippen MR) is 51.7 cm³/mol. The first kappa shape index (κ1) is 7.78. The topological polar surface area (TPSA) is 3.01 Å². The van der Waals surface area contributed by atoms with E-state index in [2.05, 4.69) is 42.9 Å². The van der Waals surface area contributed by atoms with E-state index in [0.717, 1.165) is 0 Å². The third-order valence-corrected chi connectivity index (χ3v) is 2.73. The lowest BCUT2D eigenvalue weighted by molar-refractivity contribution is -0.557. The van der Waals surface area contributed by atoms with E-state index >= 15 is 0 Å². The Kier molecular flexibility index (Phi) is 1.87. The largest absolute Gasteiger partial charge is 0.236 e. The van der Waals surface area contributed by atoms with Crippen molar-refractivity contribution in [3.63, 3.8) is 0 Å². The Morgan fingerprint density at radius 1 is 1.50 bits per heavy atom. The first-order valence-corrected chi connectivity index (χ1v) is 4.75. The summed E-state index contributed by atoms with van der Waals surface area (Å²) in [6, 6.07) is 0.653. The van der Waals surface area contributed by atoms with Crippen molar-refractivity contribution in [2.45, 2.75) is 26.3 Å². The van der Waals surface area contributed by atoms with Gasteiger partial charge in [-0.25, -0.2) is 4.58 Å². The average Bonchev–Trinajstić information content (AvgIpc) is 2.49. The van der Waals surface area contributed by atoms with Gasteiger partial charge in [-0.15, -0.1) is 0 Å². The molecule has 1 heteroatoms. The van der Waals surface area contributed by atoms with E-state index in [1.54, 1.807) is 5.57 Å². The molecule has 0 amide bonds. The molecule has 1 nitrogen and oxygen atoms in total. The van der Waals surface area contributed by atoms with Crippen LogP contribution in [-0.2, 0) is 0 Å². The lowest BCUT2D eigenvalue weighted by Gasteiger charge is -2.17. The Hall–Kier alpha value is -0.850. The van der Waals surface area contributed by atoms with Gasteiger partial charge in [-0.05, 0) is 19.4 Å². The molecule has 0 aromatic heterocycles. The molecule has 1 aliphatic heterocycles. The van der Waals surface area contributed by atoms with Crippen LogP contribution < -0.4 is 0 Å². The van der Waals surface area contributed by atoms with Crippen LogP contribution in [0, 0.1) is 5.92 Å². The maximum absolute atomic E-state index is 2.44. The van der Waals surface area contributed by atoms with Crippen LogP contribution >= 0.6 is 0 Å². The summed E-state index contributed by atoms with van der Waals surface area (Å²) in [6.07, 6.45) is 10.3. The Morgan fingerprint density at radius 3 is 3.08 bits per heavy atom. The summed E-state index contributed by atoms with van der Waals surface area (Å²) < 4.78 is 2.44. The van der Waals surface area contributed by atoms with Crippen LogP contribution in [0.4, 0.5) is 0 Å². The van der Waals surface area contributed by atoms with Crippen LogP contribution in [0.2, 0.25) is 0 Å². The van der Waals surface area contributed by atoms with Crippen molar-refractivity contribution in [1.29, 1.82) is 0 Å². The van der Waals surface area contributed by atoms with Crippen molar-refractivity contribution in [3.05, 3.63) is 23.8 Å². The molecule has 2 rings (SSSR count). The van der Waals surface area contributed by atoms with Crippen LogP contribution in [-0.4, -0.2) is 23.4 Å². The molecular weight excluding hydrogens is 146 g/mol. The minimum atomic E-state index is 0.612. The third kappa shape index (κ3) is 1.24. The Balaban J connectivity index is 2.21. The van der Waals surface area contributed by atoms with Gasteiger partial charge in [-0.2, -0.15) is 0 Å². The molecule has 64 valence electrons. The van der Waals surface area contributed by atoms with Crippen molar-refractivity contribution in [3.8, 4) is 0 Å². The van der Waals surface area contributed by atoms with Crippen molar-refractivity contribution in [2.24, 2.45) is 5.92 Å². The molecule has 0 saturated carbocycles. The van der Waals surface area contributed by atoms with E-state index in [9.17, 15) is 0 Å². The van der Waals surface area contributed by atoms with E-state index in [1.165, 1.54) is 13.0 Å². The standard InChI is InChI=1S/C11H16N/c1-9(2)12-7-6-10-4-3-5-11(10)8-12/h3-5,8-9,11H,6-7H2,1-2H3/q+1/t11-/m0/s1. The number of rotatable bonds is 1. The highest BCUT2D eigenvalue weighted by atomic mass is 15.0. The van der Waals surface area contributed by atoms with E-state index in [0.29, 0.717) is 12.0 Å². The molecule has 0 unspecified atom stereocenters. The van der Waals surface area contributed by atoms with Crippen LogP contribution in [0.25, 0.3) is 0 Å². The highest BCUT2D eigenvalue weighted by molar-refractivity contribution is 5.66. The minimum absolute atomic E-state index is 0.612. The summed E-state index contributed by atoms with van der Waals surface area (Å²) >= 11 is 0. The lowest BCUT2D eigenvalue weighted by atomic mass is 9.97. The molecule has 0 aromatic carbocycles. The SMILES string of the molecule is CC(C)[N+]1=C[C@@H]2C=CC=C2CC1. The average molecular weight is 162 g/mol. The van der Waals surface area contributed by atoms with Crippen LogP contribution in [0.3, 0.4) is 0 Å². The first-order valence-electron chi connectivity index (χ1n) is 4.75. The van der Waals surface area contributed by atoms with Gasteiger partial charge in [0.1, 0.15) is 12.6 Å². The van der Waals surface area contributed by atoms with Gasteiger partial charge in [0.05, 0.1) is 5.92 Å². The molecule has 0 radical (unpaired) electrons. The molecular formula is C11H16N+. The maximum atomic E-state index is 2.44. The van der Waals surface area contributed by atoms with Crippen molar-refractivity contribution < 1.29 is 4.58 Å². The zero-order valence-electron chi connectivity index (χ0n) is 7.83. The van der Waals surface area contributed by atoms with Gasteiger partial charge in [0.15, 0.2) is 6.21 Å². The van der Waals surface area contributed by atoms with Gasteiger partial charge in [0, 0.05) is 6.42 Å². The highest BCUT2D eigenvalue weighted by Crippen LogP contribution is 2.24. The normalized spacial score (nSPS) is 27.1. The molecule has 12 heavy (non-hydrogen) atoms. The zero-order chi connectivity index (χ0) is 8.55. The fraction of sp³-hybridized carbons (Fsp3) is 0.545. The smallest absolute Gasteiger partial charge is 0.150 e. The van der Waals surface area contributed by atoms with Crippen LogP contribution in [0.1, 0.15) is 20.3 Å². The highest BCUT2D eigenvalue weighted by Gasteiger charge is 2.24. The molecule has 0 N–H and O–H groups in total. The number of fused-ring (bicyclic) bond motifs is 1. The van der Waals surface area contributed by atoms with Gasteiger partial charge in [0.25, 0.3) is 0 Å². The Bertz CT molecular complexity index is 269. The van der Waals surface area contributed by atoms with Gasteiger partial charge in [0.2, 0.25) is 0 Å². The minimum Gasteiger partial charge on any atom is -0.236 e. The fourth-order valence-corrected chi connectivity index (χ4v) is 1.90. The molecule has 0 bridgehead atoms. The van der Waals surface area contributed by atoms with E-state index < -0.39 is 0 Å². The van der Waals surface area contributed by atoms with Crippen LogP contribution in [0.15, 0.2) is 23.8 Å². The van der Waals surface area contributed by atoms with Crippen molar-refractivity contribution >= 4 is 6.21 Å². The van der Waals surface area contributed by atoms with Gasteiger partial charge >= 0.3 is 0 Å². The van der Waals surface area contributed by atoms with Gasteiger partial charge in [-0.3, -0.25) is 0 Å². The van der Waals surface area contributed by atoms with Crippen LogP contribution in [0.5, 0.6) is 0 Å². The molecule has 2 aliphatic rings. The number of nitrogens with zero attached hydrogens (tertiary/aromatic N) is 1. The quantitative estimate of drug-likeness (QED) is 0.519. The van der Waals surface area contributed by atoms with Crippen molar-refractivity contribution in [2.75, 3.05) is 6.54 Å². The molecule has 0 saturated heterocycles. The van der Waals surface area contributed by atoms with Gasteiger partial charge in [-0.1, -0.05) is 18.2 Å². The second-order valence-electron chi connectivity index (χ2n) is 3.88. The second kappa shape index (κ2) is 2.89. The monoisotopic (exact) mass is 162 g/mol. The number of allylic oxidation sites excluding steroid dienone is 3. The van der Waals surface area contributed by atoms with Crippen molar-refractivity contribution in [1.82, 2.24) is 0 Å². The van der Waals surface area contributed by atoms with E-state index in [-0.39, 0.29) is 0 Å². The molecule has 1 atom stereocenters. The summed E-state index contributed by atoms with van der Waals surface area (Å²) in [7, 11) is 0. The summed E-state index contributed by atoms with van der Waals surface area (Å²) in [5.41, 5.74) is 1.59. The summed E-state index contributed by atoms with van der Waals surface area (Å²) in [6.45, 7) is 5.70. The zero-order valence-corrected chi connectivity index (χ0v) is 7.83. The summed E-state index contributed by atoms with van der Waals surface area (Å²) in [4.78, 5) is 0. The number of hydrogen-bond acceptors (Lipinski definition) is 0. The lowest BCUT2D eigenvalue weighted by Crippen LogP contribution is -2.30. The molecule has 1 heterocycles. The molecule has 0 spiro atoms. The van der Waals surface area contributed by atoms with E-state index in [4.69, 9.17) is 0 Å². The summed E-state index contributed by atoms with van der Waals surface area (Å²) in [5, 5.41) is 0. The molecule has 0 aromatic rings. The first-order chi connectivity index (χ1) is 5.77. The Labute approximate surface area is 74.1 Å². The second-order valence-corrected chi connectivity index (χ2v) is 3.88. The molecule has 1 aliphatic carbocycles. The Morgan fingerprint density at radius 2 is 2.33 bits per heavy atom. The molecule has 0 fully saturated rings. The fourth-order valence-electron chi connectivity index (χ4n) is 1.90. The number of hydrogen-bond donors (Lipinski definition) is 0. The summed E-state index contributed by atoms with van der Waals surface area (Å²) in [5.74, 6) is 0.612. The van der Waals surface area contributed by atoms with E-state index in [1.807, 2.05) is 0 Å². The predicted octanol–water partition coefficient (Wildman–Crippen LogP) is 1.99.